The van der Waals surface area contributed by atoms with Crippen molar-refractivity contribution in [3.63, 3.8) is 0 Å². The van der Waals surface area contributed by atoms with Crippen molar-refractivity contribution in [2.45, 2.75) is 5.54 Å². The normalized spacial score (nSPS) is 13.1. The highest BCUT2D eigenvalue weighted by Crippen LogP contribution is 2.35. The molecule has 1 heterocycles. The van der Waals surface area contributed by atoms with E-state index in [1.165, 1.54) is 0 Å². The Labute approximate surface area is 184 Å². The fourth-order valence-corrected chi connectivity index (χ4v) is 4.00. The van der Waals surface area contributed by atoms with Crippen LogP contribution in [0.25, 0.3) is 6.08 Å². The van der Waals surface area contributed by atoms with E-state index in [1.807, 2.05) is 36.4 Å². The number of anilines is 1. The first kappa shape index (κ1) is 20.5. The summed E-state index contributed by atoms with van der Waals surface area (Å²) in [5, 5.41) is 3.83. The third-order valence-corrected chi connectivity index (χ3v) is 5.52. The number of benzene rings is 3. The van der Waals surface area contributed by atoms with E-state index in [1.54, 1.807) is 7.11 Å². The van der Waals surface area contributed by atoms with Gasteiger partial charge in [0.2, 0.25) is 0 Å². The summed E-state index contributed by atoms with van der Waals surface area (Å²) >= 11 is 0. The Bertz CT molecular complexity index is 1130. The molecule has 4 heteroatoms. The zero-order valence-electron chi connectivity index (χ0n) is 18.2. The van der Waals surface area contributed by atoms with Gasteiger partial charge < -0.3 is 10.1 Å². The quantitative estimate of drug-likeness (QED) is 0.438. The minimum absolute atomic E-state index is 0.615. The first-order valence-electron chi connectivity index (χ1n) is 10.4. The number of hydrogen-bond acceptors (Lipinski definition) is 2. The molecule has 1 aromatic heterocycles. The number of rotatable bonds is 7. The second-order valence-electron chi connectivity index (χ2n) is 7.62. The van der Waals surface area contributed by atoms with Gasteiger partial charge >= 0.3 is 0 Å². The van der Waals surface area contributed by atoms with Crippen LogP contribution in [0.2, 0.25) is 0 Å². The number of nitrogens with one attached hydrogen (secondary N) is 1. The molecule has 0 aliphatic rings. The van der Waals surface area contributed by atoms with Crippen molar-refractivity contribution in [1.82, 2.24) is 4.57 Å². The Morgan fingerprint density at radius 3 is 2.13 bits per heavy atom. The summed E-state index contributed by atoms with van der Waals surface area (Å²) < 4.78 is 9.74. The molecule has 0 fully saturated rings. The second kappa shape index (κ2) is 8.92. The van der Waals surface area contributed by atoms with Gasteiger partial charge in [-0.25, -0.2) is 9.13 Å². The summed E-state index contributed by atoms with van der Waals surface area (Å²) in [5.74, 6) is 1.94. The minimum atomic E-state index is -0.615. The van der Waals surface area contributed by atoms with Gasteiger partial charge in [-0.05, 0) is 41.5 Å². The Hall–Kier alpha value is -3.79. The SMILES string of the molecule is COc1ccc(C(C=Cc2ccccc2)(Nc2ccccc2)c2n(C)cc[n+]2C)cc1. The van der Waals surface area contributed by atoms with E-state index < -0.39 is 5.54 Å². The van der Waals surface area contributed by atoms with Gasteiger partial charge in [0.15, 0.2) is 5.54 Å². The molecule has 4 aromatic rings. The largest absolute Gasteiger partial charge is 0.497 e. The highest BCUT2D eigenvalue weighted by Gasteiger charge is 2.42. The van der Waals surface area contributed by atoms with Crippen molar-refractivity contribution in [1.29, 1.82) is 0 Å². The molecule has 1 N–H and O–H groups in total. The molecule has 0 saturated carbocycles. The van der Waals surface area contributed by atoms with Crippen LogP contribution in [0.1, 0.15) is 17.0 Å². The van der Waals surface area contributed by atoms with Crippen LogP contribution in [0.15, 0.2) is 103 Å². The lowest BCUT2D eigenvalue weighted by molar-refractivity contribution is -0.681. The molecule has 0 bridgehead atoms. The van der Waals surface area contributed by atoms with Gasteiger partial charge in [-0.2, -0.15) is 0 Å². The van der Waals surface area contributed by atoms with Crippen molar-refractivity contribution >= 4 is 11.8 Å². The second-order valence-corrected chi connectivity index (χ2v) is 7.62. The number of aromatic nitrogens is 2. The van der Waals surface area contributed by atoms with Gasteiger partial charge in [-0.15, -0.1) is 0 Å². The molecule has 1 atom stereocenters. The highest BCUT2D eigenvalue weighted by atomic mass is 16.5. The molecule has 3 aromatic carbocycles. The molecule has 156 valence electrons. The van der Waals surface area contributed by atoms with Crippen LogP contribution in [-0.4, -0.2) is 11.7 Å². The first-order valence-corrected chi connectivity index (χ1v) is 10.4. The molecule has 0 aliphatic heterocycles. The number of aryl methyl sites for hydroxylation is 2. The molecule has 0 saturated heterocycles. The highest BCUT2D eigenvalue weighted by molar-refractivity contribution is 5.60. The minimum Gasteiger partial charge on any atom is -0.497 e. The average molecular weight is 411 g/mol. The number of imidazole rings is 1. The number of methoxy groups -OCH3 is 1. The molecular formula is C27H28N3O+. The zero-order chi connectivity index (χ0) is 21.7. The van der Waals surface area contributed by atoms with Crippen molar-refractivity contribution < 1.29 is 9.30 Å². The van der Waals surface area contributed by atoms with Gasteiger partial charge in [0, 0.05) is 5.69 Å². The van der Waals surface area contributed by atoms with Crippen LogP contribution in [-0.2, 0) is 19.6 Å². The lowest BCUT2D eigenvalue weighted by Crippen LogP contribution is -2.47. The van der Waals surface area contributed by atoms with Crippen molar-refractivity contribution in [3.05, 3.63) is 120 Å². The monoisotopic (exact) mass is 410 g/mol. The van der Waals surface area contributed by atoms with Crippen LogP contribution in [0.4, 0.5) is 5.69 Å². The van der Waals surface area contributed by atoms with Crippen LogP contribution < -0.4 is 14.6 Å². The van der Waals surface area contributed by atoms with E-state index in [0.717, 1.165) is 28.4 Å². The predicted molar refractivity (Wildman–Crippen MR) is 126 cm³/mol. The van der Waals surface area contributed by atoms with E-state index in [2.05, 4.69) is 102 Å². The third kappa shape index (κ3) is 4.24. The maximum atomic E-state index is 5.42. The van der Waals surface area contributed by atoms with Gasteiger partial charge in [0.05, 0.1) is 21.2 Å². The maximum absolute atomic E-state index is 5.42. The molecule has 0 radical (unpaired) electrons. The van der Waals surface area contributed by atoms with Crippen LogP contribution >= 0.6 is 0 Å². The van der Waals surface area contributed by atoms with Gasteiger partial charge in [0.25, 0.3) is 5.82 Å². The number of ether oxygens (including phenoxy) is 1. The van der Waals surface area contributed by atoms with Crippen molar-refractivity contribution in [3.8, 4) is 5.75 Å². The van der Waals surface area contributed by atoms with E-state index in [-0.39, 0.29) is 0 Å². The van der Waals surface area contributed by atoms with Crippen molar-refractivity contribution in [2.75, 3.05) is 12.4 Å². The summed E-state index contributed by atoms with van der Waals surface area (Å²) in [7, 11) is 5.85. The number of hydrogen-bond donors (Lipinski definition) is 1. The first-order chi connectivity index (χ1) is 15.1. The fourth-order valence-electron chi connectivity index (χ4n) is 4.00. The Kier molecular flexibility index (Phi) is 5.89. The summed E-state index contributed by atoms with van der Waals surface area (Å²) in [6, 6.07) is 29.0. The summed E-state index contributed by atoms with van der Waals surface area (Å²) in [4.78, 5) is 0. The van der Waals surface area contributed by atoms with Crippen LogP contribution in [0.5, 0.6) is 5.75 Å². The fraction of sp³-hybridized carbons (Fsp3) is 0.148. The zero-order valence-corrected chi connectivity index (χ0v) is 18.2. The van der Waals surface area contributed by atoms with Crippen molar-refractivity contribution in [2.24, 2.45) is 14.1 Å². The van der Waals surface area contributed by atoms with Crippen LogP contribution in [0, 0.1) is 0 Å². The Morgan fingerprint density at radius 2 is 1.55 bits per heavy atom. The standard InChI is InChI=1S/C27H28N3O/c1-29-20-21-30(2)26(29)27(28-24-12-8-5-9-13-24,19-18-22-10-6-4-7-11-22)23-14-16-25(31-3)17-15-23/h4-21,28H,1-3H3/q+1. The molecule has 31 heavy (non-hydrogen) atoms. The lowest BCUT2D eigenvalue weighted by Gasteiger charge is -2.31. The van der Waals surface area contributed by atoms with E-state index in [0.29, 0.717) is 0 Å². The predicted octanol–water partition coefficient (Wildman–Crippen LogP) is 4.93. The van der Waals surface area contributed by atoms with E-state index >= 15 is 0 Å². The summed E-state index contributed by atoms with van der Waals surface area (Å²) in [6.45, 7) is 0. The van der Waals surface area contributed by atoms with Gasteiger partial charge in [0.1, 0.15) is 18.1 Å². The van der Waals surface area contributed by atoms with E-state index in [4.69, 9.17) is 4.74 Å². The molecule has 4 nitrogen and oxygen atoms in total. The number of nitrogens with zero attached hydrogens (tertiary/aromatic N) is 2. The third-order valence-electron chi connectivity index (χ3n) is 5.52. The topological polar surface area (TPSA) is 30.1 Å². The smallest absolute Gasteiger partial charge is 0.291 e. The molecule has 0 spiro atoms. The number of para-hydroxylation sites is 1. The molecule has 1 unspecified atom stereocenters. The average Bonchev–Trinajstić information content (AvgIpc) is 3.16. The lowest BCUT2D eigenvalue weighted by atomic mass is 9.86. The van der Waals surface area contributed by atoms with Crippen LogP contribution in [0.3, 0.4) is 0 Å². The van der Waals surface area contributed by atoms with E-state index in [9.17, 15) is 0 Å². The summed E-state index contributed by atoms with van der Waals surface area (Å²) in [6.07, 6.45) is 8.58. The van der Waals surface area contributed by atoms with Gasteiger partial charge in [-0.3, -0.25) is 0 Å². The molecular weight excluding hydrogens is 382 g/mol. The Morgan fingerprint density at radius 1 is 0.903 bits per heavy atom. The summed E-state index contributed by atoms with van der Waals surface area (Å²) in [5.41, 5.74) is 2.68. The van der Waals surface area contributed by atoms with Gasteiger partial charge in [-0.1, -0.05) is 66.7 Å². The molecule has 0 amide bonds. The Balaban J connectivity index is 1.95. The molecule has 0 aliphatic carbocycles. The molecule has 4 rings (SSSR count). The maximum Gasteiger partial charge on any atom is 0.291 e.